The van der Waals surface area contributed by atoms with Crippen LogP contribution in [0.5, 0.6) is 0 Å². The van der Waals surface area contributed by atoms with E-state index in [1.807, 2.05) is 41.7 Å². The van der Waals surface area contributed by atoms with Gasteiger partial charge in [-0.2, -0.15) is 0 Å². The highest BCUT2D eigenvalue weighted by Crippen LogP contribution is 2.44. The van der Waals surface area contributed by atoms with Crippen molar-refractivity contribution in [3.8, 4) is 0 Å². The van der Waals surface area contributed by atoms with E-state index in [1.54, 1.807) is 11.8 Å². The Hall–Kier alpha value is -1.92. The zero-order chi connectivity index (χ0) is 19.1. The van der Waals surface area contributed by atoms with Crippen molar-refractivity contribution in [1.82, 2.24) is 9.97 Å². The summed E-state index contributed by atoms with van der Waals surface area (Å²) >= 11 is 3.41. The average molecular weight is 410 g/mol. The van der Waals surface area contributed by atoms with Crippen molar-refractivity contribution in [3.63, 3.8) is 0 Å². The summed E-state index contributed by atoms with van der Waals surface area (Å²) in [4.78, 5) is 24.9. The average Bonchev–Trinajstić information content (AvgIpc) is 3.47. The monoisotopic (exact) mass is 409 g/mol. The summed E-state index contributed by atoms with van der Waals surface area (Å²) in [6.07, 6.45) is 5.85. The first-order valence-electron chi connectivity index (χ1n) is 9.97. The molecule has 5 rings (SSSR count). The first-order chi connectivity index (χ1) is 13.7. The van der Waals surface area contributed by atoms with Gasteiger partial charge in [0, 0.05) is 21.9 Å². The number of rotatable bonds is 5. The van der Waals surface area contributed by atoms with Gasteiger partial charge in [0.05, 0.1) is 5.75 Å². The van der Waals surface area contributed by atoms with Crippen LogP contribution in [0.4, 0.5) is 5.69 Å². The molecule has 0 unspecified atom stereocenters. The number of anilines is 1. The van der Waals surface area contributed by atoms with Gasteiger partial charge >= 0.3 is 0 Å². The number of hydrogen-bond acceptors (Lipinski definition) is 5. The molecule has 1 atom stereocenters. The van der Waals surface area contributed by atoms with E-state index in [1.165, 1.54) is 35.1 Å². The molecule has 0 saturated heterocycles. The van der Waals surface area contributed by atoms with Crippen molar-refractivity contribution in [3.05, 3.63) is 46.6 Å². The van der Waals surface area contributed by atoms with E-state index in [2.05, 4.69) is 12.2 Å². The lowest BCUT2D eigenvalue weighted by Crippen LogP contribution is -2.14. The van der Waals surface area contributed by atoms with Gasteiger partial charge in [0.15, 0.2) is 0 Å². The minimum Gasteiger partial charge on any atom is -0.325 e. The van der Waals surface area contributed by atoms with Gasteiger partial charge in [-0.1, -0.05) is 36.9 Å². The molecule has 2 aliphatic rings. The minimum atomic E-state index is 0.00801. The molecule has 4 nitrogen and oxygen atoms in total. The first-order valence-corrected chi connectivity index (χ1v) is 11.8. The van der Waals surface area contributed by atoms with Gasteiger partial charge in [0.1, 0.15) is 15.7 Å². The van der Waals surface area contributed by atoms with Gasteiger partial charge < -0.3 is 5.32 Å². The third-order valence-electron chi connectivity index (χ3n) is 5.48. The van der Waals surface area contributed by atoms with Crippen LogP contribution in [-0.2, 0) is 17.6 Å². The highest BCUT2D eigenvalue weighted by atomic mass is 32.2. The topological polar surface area (TPSA) is 54.9 Å². The normalized spacial score (nSPS) is 18.8. The Morgan fingerprint density at radius 1 is 1.21 bits per heavy atom. The molecule has 1 saturated carbocycles. The fourth-order valence-electron chi connectivity index (χ4n) is 3.81. The lowest BCUT2D eigenvalue weighted by molar-refractivity contribution is -0.113. The van der Waals surface area contributed by atoms with Crippen LogP contribution in [0.25, 0.3) is 10.2 Å². The number of hydrogen-bond donors (Lipinski definition) is 1. The molecule has 0 radical (unpaired) electrons. The Balaban J connectivity index is 1.43. The number of thioether (sulfide) groups is 1. The maximum Gasteiger partial charge on any atom is 0.234 e. The Bertz CT molecular complexity index is 1030. The highest BCUT2D eigenvalue weighted by Gasteiger charge is 2.30. The van der Waals surface area contributed by atoms with Crippen molar-refractivity contribution in [2.24, 2.45) is 5.92 Å². The van der Waals surface area contributed by atoms with Crippen LogP contribution in [0.2, 0.25) is 0 Å². The number of aromatic nitrogens is 2. The van der Waals surface area contributed by atoms with E-state index < -0.39 is 0 Å². The molecule has 2 heterocycles. The van der Waals surface area contributed by atoms with Crippen molar-refractivity contribution in [2.75, 3.05) is 11.1 Å². The van der Waals surface area contributed by atoms with Crippen molar-refractivity contribution < 1.29 is 4.79 Å². The second-order valence-electron chi connectivity index (χ2n) is 7.90. The summed E-state index contributed by atoms with van der Waals surface area (Å²) in [5.41, 5.74) is 2.27. The maximum atomic E-state index is 12.5. The predicted octanol–water partition coefficient (Wildman–Crippen LogP) is 5.42. The molecule has 1 amide bonds. The van der Waals surface area contributed by atoms with Gasteiger partial charge in [0.2, 0.25) is 5.91 Å². The molecule has 6 heteroatoms. The second-order valence-corrected chi connectivity index (χ2v) is 9.94. The molecule has 1 N–H and O–H groups in total. The molecule has 1 aromatic carbocycles. The van der Waals surface area contributed by atoms with Crippen LogP contribution in [0.15, 0.2) is 35.4 Å². The fraction of sp³-hybridized carbons (Fsp3) is 0.409. The van der Waals surface area contributed by atoms with Gasteiger partial charge in [0.25, 0.3) is 0 Å². The summed E-state index contributed by atoms with van der Waals surface area (Å²) in [5.74, 6) is 2.61. The van der Waals surface area contributed by atoms with Gasteiger partial charge in [-0.15, -0.1) is 11.3 Å². The number of aryl methyl sites for hydroxylation is 1. The molecule has 1 fully saturated rings. The van der Waals surface area contributed by atoms with E-state index in [9.17, 15) is 4.79 Å². The third-order valence-corrected chi connectivity index (χ3v) is 7.60. The number of fused-ring (bicyclic) bond motifs is 3. The molecule has 2 aliphatic carbocycles. The predicted molar refractivity (Wildman–Crippen MR) is 116 cm³/mol. The molecule has 2 aromatic heterocycles. The second kappa shape index (κ2) is 7.48. The number of nitrogens with zero attached hydrogens (tertiary/aromatic N) is 2. The smallest absolute Gasteiger partial charge is 0.234 e. The number of carbonyl (C=O) groups excluding carboxylic acids is 1. The Morgan fingerprint density at radius 3 is 2.82 bits per heavy atom. The Morgan fingerprint density at radius 2 is 2.04 bits per heavy atom. The van der Waals surface area contributed by atoms with Crippen molar-refractivity contribution >= 4 is 44.9 Å². The highest BCUT2D eigenvalue weighted by molar-refractivity contribution is 8.00. The maximum absolute atomic E-state index is 12.5. The van der Waals surface area contributed by atoms with Gasteiger partial charge in [-0.05, 0) is 55.7 Å². The van der Waals surface area contributed by atoms with Crippen LogP contribution < -0.4 is 5.32 Å². The number of thiophene rings is 1. The lowest BCUT2D eigenvalue weighted by Gasteiger charge is -2.18. The van der Waals surface area contributed by atoms with Gasteiger partial charge in [-0.25, -0.2) is 9.97 Å². The largest absolute Gasteiger partial charge is 0.325 e. The lowest BCUT2D eigenvalue weighted by atomic mass is 9.89. The summed E-state index contributed by atoms with van der Waals surface area (Å²) in [7, 11) is 0. The van der Waals surface area contributed by atoms with Crippen LogP contribution in [0.3, 0.4) is 0 Å². The molecule has 144 valence electrons. The van der Waals surface area contributed by atoms with Crippen LogP contribution in [0, 0.1) is 5.92 Å². The fourth-order valence-corrected chi connectivity index (χ4v) is 6.12. The number of nitrogens with one attached hydrogen (secondary N) is 1. The molecule has 28 heavy (non-hydrogen) atoms. The quantitative estimate of drug-likeness (QED) is 0.451. The SMILES string of the molecule is C[C@@H]1CCc2c(sc3nc(C4CC4)nc(SCC(=O)Nc4ccccc4)c23)C1. The summed E-state index contributed by atoms with van der Waals surface area (Å²) in [5, 5.41) is 5.19. The van der Waals surface area contributed by atoms with E-state index in [0.29, 0.717) is 11.7 Å². The number of benzene rings is 1. The van der Waals surface area contributed by atoms with Crippen LogP contribution >= 0.6 is 23.1 Å². The van der Waals surface area contributed by atoms with E-state index >= 15 is 0 Å². The van der Waals surface area contributed by atoms with E-state index in [-0.39, 0.29) is 5.91 Å². The third kappa shape index (κ3) is 3.67. The standard InChI is InChI=1S/C22H23N3OS2/c1-13-7-10-16-17(11-13)28-22-19(16)21(24-20(25-22)14-8-9-14)27-12-18(26)23-15-5-3-2-4-6-15/h2-6,13-14H,7-12H2,1H3,(H,23,26)/t13-/m1/s1. The Labute approximate surface area is 173 Å². The number of carbonyl (C=O) groups is 1. The number of amides is 1. The van der Waals surface area contributed by atoms with Gasteiger partial charge in [-0.3, -0.25) is 4.79 Å². The summed E-state index contributed by atoms with van der Waals surface area (Å²) in [6.45, 7) is 2.33. The van der Waals surface area contributed by atoms with Crippen molar-refractivity contribution in [1.29, 1.82) is 0 Å². The minimum absolute atomic E-state index is 0.00801. The Kier molecular flexibility index (Phi) is 4.85. The van der Waals surface area contributed by atoms with Crippen molar-refractivity contribution in [2.45, 2.75) is 50.0 Å². The molecule has 0 aliphatic heterocycles. The molecule has 0 spiro atoms. The summed E-state index contributed by atoms with van der Waals surface area (Å²) < 4.78 is 0. The zero-order valence-corrected chi connectivity index (χ0v) is 17.5. The molecular formula is C22H23N3OS2. The molecule has 3 aromatic rings. The van der Waals surface area contributed by atoms with Crippen LogP contribution in [0.1, 0.15) is 48.4 Å². The number of para-hydroxylation sites is 1. The molecule has 0 bridgehead atoms. The summed E-state index contributed by atoms with van der Waals surface area (Å²) in [6, 6.07) is 9.62. The van der Waals surface area contributed by atoms with E-state index in [4.69, 9.17) is 9.97 Å². The molecular weight excluding hydrogens is 386 g/mol. The first kappa shape index (κ1) is 18.1. The van der Waals surface area contributed by atoms with Crippen LogP contribution in [-0.4, -0.2) is 21.6 Å². The zero-order valence-electron chi connectivity index (χ0n) is 15.9. The van der Waals surface area contributed by atoms with E-state index in [0.717, 1.165) is 40.1 Å².